The van der Waals surface area contributed by atoms with Crippen molar-refractivity contribution in [1.82, 2.24) is 4.37 Å². The maximum Gasteiger partial charge on any atom is 0.355 e. The van der Waals surface area contributed by atoms with E-state index in [0.717, 1.165) is 24.4 Å². The average Bonchev–Trinajstić information content (AvgIpc) is 2.86. The Kier molecular flexibility index (Phi) is 4.98. The SMILES string of the molecule is CC(C)[C@@H]1CC[C@@H](C)C[C@H]1C(=O)Nc1cc(C(=O)O)ns1. The highest BCUT2D eigenvalue weighted by atomic mass is 32.1. The van der Waals surface area contributed by atoms with Gasteiger partial charge < -0.3 is 10.4 Å². The van der Waals surface area contributed by atoms with E-state index in [2.05, 4.69) is 30.5 Å². The molecule has 1 aliphatic rings. The van der Waals surface area contributed by atoms with Gasteiger partial charge >= 0.3 is 5.97 Å². The summed E-state index contributed by atoms with van der Waals surface area (Å²) in [5, 5.41) is 12.2. The van der Waals surface area contributed by atoms with Crippen LogP contribution in [0.25, 0.3) is 0 Å². The molecule has 2 rings (SSSR count). The molecule has 1 aromatic rings. The van der Waals surface area contributed by atoms with E-state index >= 15 is 0 Å². The minimum absolute atomic E-state index is 0.000777. The number of hydrogen-bond donors (Lipinski definition) is 2. The molecule has 21 heavy (non-hydrogen) atoms. The van der Waals surface area contributed by atoms with E-state index < -0.39 is 5.97 Å². The van der Waals surface area contributed by atoms with Crippen LogP contribution in [-0.4, -0.2) is 21.4 Å². The molecule has 1 aliphatic carbocycles. The van der Waals surface area contributed by atoms with Gasteiger partial charge in [0.05, 0.1) is 0 Å². The van der Waals surface area contributed by atoms with Crippen molar-refractivity contribution >= 4 is 28.4 Å². The normalized spacial score (nSPS) is 25.8. The zero-order valence-electron chi connectivity index (χ0n) is 12.6. The summed E-state index contributed by atoms with van der Waals surface area (Å²) in [6, 6.07) is 1.42. The van der Waals surface area contributed by atoms with Gasteiger partial charge in [-0.1, -0.05) is 27.2 Å². The van der Waals surface area contributed by atoms with Crippen molar-refractivity contribution in [1.29, 1.82) is 0 Å². The fourth-order valence-electron chi connectivity index (χ4n) is 3.15. The number of carbonyl (C=O) groups is 2. The van der Waals surface area contributed by atoms with Gasteiger partial charge in [0.25, 0.3) is 0 Å². The predicted molar refractivity (Wildman–Crippen MR) is 82.5 cm³/mol. The van der Waals surface area contributed by atoms with Crippen molar-refractivity contribution in [2.45, 2.75) is 40.0 Å². The molecule has 0 saturated heterocycles. The first-order valence-electron chi connectivity index (χ1n) is 7.39. The molecular formula is C15H22N2O3S. The molecule has 0 aromatic carbocycles. The van der Waals surface area contributed by atoms with E-state index in [1.165, 1.54) is 12.5 Å². The molecule has 1 heterocycles. The molecule has 0 unspecified atom stereocenters. The van der Waals surface area contributed by atoms with Crippen molar-refractivity contribution in [3.8, 4) is 0 Å². The van der Waals surface area contributed by atoms with Crippen molar-refractivity contribution in [3.05, 3.63) is 11.8 Å². The molecule has 1 fully saturated rings. The van der Waals surface area contributed by atoms with Crippen LogP contribution in [0.3, 0.4) is 0 Å². The number of aromatic nitrogens is 1. The second-order valence-electron chi connectivity index (χ2n) is 6.30. The van der Waals surface area contributed by atoms with Gasteiger partial charge in [-0.3, -0.25) is 4.79 Å². The van der Waals surface area contributed by atoms with Gasteiger partial charge in [-0.2, -0.15) is 4.37 Å². The Bertz CT molecular complexity index is 527. The third-order valence-corrected chi connectivity index (χ3v) is 5.04. The van der Waals surface area contributed by atoms with Crippen molar-refractivity contribution in [2.75, 3.05) is 5.32 Å². The summed E-state index contributed by atoms with van der Waals surface area (Å²) in [5.74, 6) is 0.368. The number of nitrogens with one attached hydrogen (secondary N) is 1. The largest absolute Gasteiger partial charge is 0.476 e. The highest BCUT2D eigenvalue weighted by molar-refractivity contribution is 7.10. The Labute approximate surface area is 128 Å². The first kappa shape index (κ1) is 15.9. The van der Waals surface area contributed by atoms with E-state index in [9.17, 15) is 9.59 Å². The number of amides is 1. The van der Waals surface area contributed by atoms with Crippen LogP contribution >= 0.6 is 11.5 Å². The first-order chi connectivity index (χ1) is 9.88. The summed E-state index contributed by atoms with van der Waals surface area (Å²) in [6.07, 6.45) is 3.16. The molecular weight excluding hydrogens is 288 g/mol. The van der Waals surface area contributed by atoms with Crippen molar-refractivity contribution < 1.29 is 14.7 Å². The minimum Gasteiger partial charge on any atom is -0.476 e. The summed E-state index contributed by atoms with van der Waals surface area (Å²) >= 11 is 1.02. The smallest absolute Gasteiger partial charge is 0.355 e. The molecule has 6 heteroatoms. The molecule has 2 N–H and O–H groups in total. The summed E-state index contributed by atoms with van der Waals surface area (Å²) < 4.78 is 3.81. The van der Waals surface area contributed by atoms with Gasteiger partial charge in [-0.05, 0) is 42.1 Å². The second kappa shape index (κ2) is 6.56. The summed E-state index contributed by atoms with van der Waals surface area (Å²) in [5.41, 5.74) is -0.0206. The zero-order chi connectivity index (χ0) is 15.6. The average molecular weight is 310 g/mol. The fraction of sp³-hybridized carbons (Fsp3) is 0.667. The fourth-order valence-corrected chi connectivity index (χ4v) is 3.79. The number of carboxylic acids is 1. The Hall–Kier alpha value is -1.43. The standard InChI is InChI=1S/C15H22N2O3S/c1-8(2)10-5-4-9(3)6-11(10)14(18)16-13-7-12(15(19)20)17-21-13/h7-11H,4-6H2,1-3H3,(H,16,18)(H,19,20)/t9-,10+,11-/m1/s1. The van der Waals surface area contributed by atoms with Crippen LogP contribution in [0, 0.1) is 23.7 Å². The van der Waals surface area contributed by atoms with Gasteiger partial charge in [-0.15, -0.1) is 0 Å². The molecule has 0 bridgehead atoms. The lowest BCUT2D eigenvalue weighted by Crippen LogP contribution is -2.36. The highest BCUT2D eigenvalue weighted by Crippen LogP contribution is 2.38. The van der Waals surface area contributed by atoms with Crippen LogP contribution in [0.5, 0.6) is 0 Å². The van der Waals surface area contributed by atoms with Crippen LogP contribution in [-0.2, 0) is 4.79 Å². The summed E-state index contributed by atoms with van der Waals surface area (Å²) in [7, 11) is 0. The van der Waals surface area contributed by atoms with E-state index in [1.54, 1.807) is 0 Å². The van der Waals surface area contributed by atoms with Crippen LogP contribution in [0.2, 0.25) is 0 Å². The minimum atomic E-state index is -1.07. The van der Waals surface area contributed by atoms with Crippen molar-refractivity contribution in [2.24, 2.45) is 23.7 Å². The Morgan fingerprint density at radius 2 is 2.14 bits per heavy atom. The molecule has 5 nitrogen and oxygen atoms in total. The Morgan fingerprint density at radius 3 is 2.71 bits per heavy atom. The lowest BCUT2D eigenvalue weighted by atomic mass is 9.70. The zero-order valence-corrected chi connectivity index (χ0v) is 13.4. The number of hydrogen-bond acceptors (Lipinski definition) is 4. The summed E-state index contributed by atoms with van der Waals surface area (Å²) in [4.78, 5) is 23.3. The number of carbonyl (C=O) groups excluding carboxylic acids is 1. The second-order valence-corrected chi connectivity index (χ2v) is 7.11. The van der Waals surface area contributed by atoms with Crippen LogP contribution in [0.4, 0.5) is 5.00 Å². The molecule has 1 saturated carbocycles. The van der Waals surface area contributed by atoms with E-state index in [1.807, 2.05) is 0 Å². The Morgan fingerprint density at radius 1 is 1.43 bits per heavy atom. The molecule has 1 amide bonds. The van der Waals surface area contributed by atoms with E-state index in [4.69, 9.17) is 5.11 Å². The van der Waals surface area contributed by atoms with Crippen LogP contribution in [0.15, 0.2) is 6.07 Å². The predicted octanol–water partition coefficient (Wildman–Crippen LogP) is 3.49. The molecule has 0 radical (unpaired) electrons. The third-order valence-electron chi connectivity index (χ3n) is 4.33. The lowest BCUT2D eigenvalue weighted by molar-refractivity contribution is -0.123. The quantitative estimate of drug-likeness (QED) is 0.892. The van der Waals surface area contributed by atoms with Crippen LogP contribution < -0.4 is 5.32 Å². The molecule has 3 atom stereocenters. The molecule has 0 spiro atoms. The van der Waals surface area contributed by atoms with Crippen LogP contribution in [0.1, 0.15) is 50.5 Å². The van der Waals surface area contributed by atoms with Gasteiger partial charge in [0.15, 0.2) is 5.69 Å². The number of rotatable bonds is 4. The van der Waals surface area contributed by atoms with Crippen molar-refractivity contribution in [3.63, 3.8) is 0 Å². The first-order valence-corrected chi connectivity index (χ1v) is 8.16. The number of carboxylic acid groups (broad SMARTS) is 1. The van der Waals surface area contributed by atoms with Gasteiger partial charge in [0, 0.05) is 12.0 Å². The molecule has 116 valence electrons. The molecule has 1 aromatic heterocycles. The lowest BCUT2D eigenvalue weighted by Gasteiger charge is -2.36. The number of nitrogens with zero attached hydrogens (tertiary/aromatic N) is 1. The monoisotopic (exact) mass is 310 g/mol. The molecule has 0 aliphatic heterocycles. The number of aromatic carboxylic acids is 1. The highest BCUT2D eigenvalue weighted by Gasteiger charge is 2.35. The number of anilines is 1. The van der Waals surface area contributed by atoms with E-state index in [0.29, 0.717) is 22.8 Å². The third kappa shape index (κ3) is 3.81. The van der Waals surface area contributed by atoms with Gasteiger partial charge in [0.2, 0.25) is 5.91 Å². The summed E-state index contributed by atoms with van der Waals surface area (Å²) in [6.45, 7) is 6.51. The van der Waals surface area contributed by atoms with E-state index in [-0.39, 0.29) is 17.5 Å². The van der Waals surface area contributed by atoms with Gasteiger partial charge in [-0.25, -0.2) is 4.79 Å². The maximum atomic E-state index is 12.5. The maximum absolute atomic E-state index is 12.5. The topological polar surface area (TPSA) is 79.3 Å². The Balaban J connectivity index is 2.07. The van der Waals surface area contributed by atoms with Gasteiger partial charge in [0.1, 0.15) is 5.00 Å².